The van der Waals surface area contributed by atoms with Gasteiger partial charge in [0.25, 0.3) is 0 Å². The summed E-state index contributed by atoms with van der Waals surface area (Å²) in [6.45, 7) is 2.07. The third-order valence-corrected chi connectivity index (χ3v) is 3.89. The minimum atomic E-state index is 0.265. The van der Waals surface area contributed by atoms with Crippen LogP contribution in [0.5, 0.6) is 0 Å². The van der Waals surface area contributed by atoms with Crippen LogP contribution in [0.25, 0.3) is 10.9 Å². The fraction of sp³-hybridized carbons (Fsp3) is 0.429. The maximum absolute atomic E-state index is 6.20. The lowest BCUT2D eigenvalue weighted by molar-refractivity contribution is 0.408. The Bertz CT molecular complexity index is 543. The first kappa shape index (κ1) is 10.8. The van der Waals surface area contributed by atoms with Gasteiger partial charge in [-0.15, -0.1) is 0 Å². The molecule has 0 radical (unpaired) electrons. The van der Waals surface area contributed by atoms with Crippen molar-refractivity contribution in [1.82, 2.24) is 9.47 Å². The van der Waals surface area contributed by atoms with E-state index >= 15 is 0 Å². The number of benzene rings is 1. The first-order valence-electron chi connectivity index (χ1n) is 6.14. The van der Waals surface area contributed by atoms with E-state index in [0.717, 1.165) is 13.1 Å². The second-order valence-electron chi connectivity index (χ2n) is 5.24. The van der Waals surface area contributed by atoms with Gasteiger partial charge in [-0.3, -0.25) is 0 Å². The van der Waals surface area contributed by atoms with Crippen LogP contribution in [0, 0.1) is 0 Å². The number of aromatic nitrogens is 1. The number of hydrogen-bond acceptors (Lipinski definition) is 2. The van der Waals surface area contributed by atoms with Crippen LogP contribution in [0.4, 0.5) is 0 Å². The van der Waals surface area contributed by atoms with E-state index in [-0.39, 0.29) is 6.04 Å². The van der Waals surface area contributed by atoms with Crippen LogP contribution in [0.1, 0.15) is 11.5 Å². The molecule has 0 amide bonds. The molecule has 1 aliphatic heterocycles. The van der Waals surface area contributed by atoms with Crippen LogP contribution in [0.3, 0.4) is 0 Å². The van der Waals surface area contributed by atoms with E-state index < -0.39 is 0 Å². The third kappa shape index (κ3) is 1.75. The first-order valence-corrected chi connectivity index (χ1v) is 6.14. The number of nitrogens with zero attached hydrogens (tertiary/aromatic N) is 2. The normalized spacial score (nSPS) is 25.8. The van der Waals surface area contributed by atoms with Gasteiger partial charge in [0.1, 0.15) is 0 Å². The smallest absolute Gasteiger partial charge is 0.0477 e. The quantitative estimate of drug-likeness (QED) is 0.805. The van der Waals surface area contributed by atoms with Crippen molar-refractivity contribution in [1.29, 1.82) is 0 Å². The third-order valence-electron chi connectivity index (χ3n) is 3.89. The molecule has 2 atom stereocenters. The average molecular weight is 229 g/mol. The van der Waals surface area contributed by atoms with E-state index in [4.69, 9.17) is 5.73 Å². The first-order chi connectivity index (χ1) is 8.15. The highest BCUT2D eigenvalue weighted by Crippen LogP contribution is 2.28. The summed E-state index contributed by atoms with van der Waals surface area (Å²) in [6, 6.07) is 9.16. The lowest BCUT2D eigenvalue weighted by Crippen LogP contribution is -2.27. The molecule has 1 aliphatic rings. The van der Waals surface area contributed by atoms with Crippen molar-refractivity contribution < 1.29 is 0 Å². The Morgan fingerprint density at radius 2 is 2.00 bits per heavy atom. The van der Waals surface area contributed by atoms with Crippen molar-refractivity contribution in [3.63, 3.8) is 0 Å². The van der Waals surface area contributed by atoms with Crippen LogP contribution >= 0.6 is 0 Å². The van der Waals surface area contributed by atoms with E-state index in [0.29, 0.717) is 5.92 Å². The number of fused-ring (bicyclic) bond motifs is 1. The van der Waals surface area contributed by atoms with Gasteiger partial charge in [-0.05, 0) is 36.2 Å². The second kappa shape index (κ2) is 3.86. The fourth-order valence-corrected chi connectivity index (χ4v) is 2.92. The minimum absolute atomic E-state index is 0.265. The number of aryl methyl sites for hydroxylation is 1. The van der Waals surface area contributed by atoms with E-state index in [1.165, 1.54) is 16.5 Å². The molecule has 1 fully saturated rings. The molecule has 3 heteroatoms. The van der Waals surface area contributed by atoms with Crippen LogP contribution in [-0.4, -0.2) is 35.6 Å². The summed E-state index contributed by atoms with van der Waals surface area (Å²) in [5.74, 6) is 0.476. The van der Waals surface area contributed by atoms with Crippen molar-refractivity contribution in [2.45, 2.75) is 12.0 Å². The molecule has 1 saturated heterocycles. The van der Waals surface area contributed by atoms with E-state index in [9.17, 15) is 0 Å². The van der Waals surface area contributed by atoms with Crippen molar-refractivity contribution in [3.05, 3.63) is 36.0 Å². The Morgan fingerprint density at radius 1 is 1.18 bits per heavy atom. The summed E-state index contributed by atoms with van der Waals surface area (Å²) < 4.78 is 2.15. The number of likely N-dealkylation sites (tertiary alicyclic amines) is 1. The van der Waals surface area contributed by atoms with Crippen LogP contribution in [0.15, 0.2) is 30.5 Å². The summed E-state index contributed by atoms with van der Waals surface area (Å²) in [4.78, 5) is 2.31. The number of likely N-dealkylation sites (N-methyl/N-ethyl adjacent to an activating group) is 1. The molecule has 2 unspecified atom stereocenters. The topological polar surface area (TPSA) is 34.2 Å². The molecular formula is C14H19N3. The summed E-state index contributed by atoms with van der Waals surface area (Å²) in [6.07, 6.45) is 2.11. The summed E-state index contributed by atoms with van der Waals surface area (Å²) in [5.41, 5.74) is 8.87. The molecule has 1 aromatic heterocycles. The molecule has 0 saturated carbocycles. The Morgan fingerprint density at radius 3 is 2.71 bits per heavy atom. The fourth-order valence-electron chi connectivity index (χ4n) is 2.92. The standard InChI is InChI=1S/C14H19N3/c1-16-8-12(13(15)9-16)10-3-4-14-11(7-10)5-6-17(14)2/h3-7,12-13H,8-9,15H2,1-2H3. The van der Waals surface area contributed by atoms with E-state index in [1.54, 1.807) is 0 Å². The molecule has 2 N–H and O–H groups in total. The zero-order valence-corrected chi connectivity index (χ0v) is 10.4. The number of nitrogens with two attached hydrogens (primary N) is 1. The second-order valence-corrected chi connectivity index (χ2v) is 5.24. The highest BCUT2D eigenvalue weighted by Gasteiger charge is 2.29. The van der Waals surface area contributed by atoms with Gasteiger partial charge in [0.2, 0.25) is 0 Å². The highest BCUT2D eigenvalue weighted by atomic mass is 15.1. The van der Waals surface area contributed by atoms with Gasteiger partial charge >= 0.3 is 0 Å². The number of rotatable bonds is 1. The molecule has 90 valence electrons. The molecule has 2 heterocycles. The Hall–Kier alpha value is -1.32. The van der Waals surface area contributed by atoms with E-state index in [1.807, 2.05) is 0 Å². The monoisotopic (exact) mass is 229 g/mol. The van der Waals surface area contributed by atoms with Crippen LogP contribution in [-0.2, 0) is 7.05 Å². The maximum atomic E-state index is 6.20. The van der Waals surface area contributed by atoms with Gasteiger partial charge < -0.3 is 15.2 Å². The summed E-state index contributed by atoms with van der Waals surface area (Å²) in [5, 5.41) is 1.31. The Balaban J connectivity index is 2.00. The molecule has 1 aromatic carbocycles. The van der Waals surface area contributed by atoms with Crippen molar-refractivity contribution in [2.24, 2.45) is 12.8 Å². The SMILES string of the molecule is CN1CC(N)C(c2ccc3c(ccn3C)c2)C1. The van der Waals surface area contributed by atoms with Crippen LogP contribution in [0.2, 0.25) is 0 Å². The minimum Gasteiger partial charge on any atom is -0.351 e. The molecule has 3 nitrogen and oxygen atoms in total. The van der Waals surface area contributed by atoms with Crippen molar-refractivity contribution in [3.8, 4) is 0 Å². The molecule has 3 rings (SSSR count). The number of hydrogen-bond donors (Lipinski definition) is 1. The lowest BCUT2D eigenvalue weighted by atomic mass is 9.94. The van der Waals surface area contributed by atoms with E-state index in [2.05, 4.69) is 54.0 Å². The van der Waals surface area contributed by atoms with Gasteiger partial charge in [-0.1, -0.05) is 6.07 Å². The maximum Gasteiger partial charge on any atom is 0.0477 e. The van der Waals surface area contributed by atoms with Gasteiger partial charge in [0, 0.05) is 43.8 Å². The average Bonchev–Trinajstić information content (AvgIpc) is 2.82. The Labute approximate surface area is 102 Å². The zero-order valence-electron chi connectivity index (χ0n) is 10.4. The largest absolute Gasteiger partial charge is 0.351 e. The van der Waals surface area contributed by atoms with Gasteiger partial charge in [0.15, 0.2) is 0 Å². The zero-order chi connectivity index (χ0) is 12.0. The molecule has 0 spiro atoms. The van der Waals surface area contributed by atoms with Crippen molar-refractivity contribution >= 4 is 10.9 Å². The highest BCUT2D eigenvalue weighted by molar-refractivity contribution is 5.81. The van der Waals surface area contributed by atoms with Crippen LogP contribution < -0.4 is 5.73 Å². The molecule has 0 bridgehead atoms. The molecule has 2 aromatic rings. The predicted molar refractivity (Wildman–Crippen MR) is 71.1 cm³/mol. The van der Waals surface area contributed by atoms with Gasteiger partial charge in [-0.25, -0.2) is 0 Å². The molecule has 17 heavy (non-hydrogen) atoms. The summed E-state index contributed by atoms with van der Waals surface area (Å²) >= 11 is 0. The molecular weight excluding hydrogens is 210 g/mol. The van der Waals surface area contributed by atoms with Gasteiger partial charge in [0.05, 0.1) is 0 Å². The molecule has 0 aliphatic carbocycles. The summed E-state index contributed by atoms with van der Waals surface area (Å²) in [7, 11) is 4.22. The predicted octanol–water partition coefficient (Wildman–Crippen LogP) is 1.53. The van der Waals surface area contributed by atoms with Gasteiger partial charge in [-0.2, -0.15) is 0 Å². The lowest BCUT2D eigenvalue weighted by Gasteiger charge is -2.14. The van der Waals surface area contributed by atoms with Crippen molar-refractivity contribution in [2.75, 3.05) is 20.1 Å². The Kier molecular flexibility index (Phi) is 2.45.